The van der Waals surface area contributed by atoms with E-state index in [2.05, 4.69) is 26.3 Å². The highest BCUT2D eigenvalue weighted by Crippen LogP contribution is 2.27. The molecule has 1 N–H and O–H groups in total. The minimum atomic E-state index is -2.46. The van der Waals surface area contributed by atoms with Crippen LogP contribution in [-0.2, 0) is 6.54 Å². The zero-order valence-corrected chi connectivity index (χ0v) is 13.1. The van der Waals surface area contributed by atoms with Crippen molar-refractivity contribution in [3.8, 4) is 0 Å². The van der Waals surface area contributed by atoms with Crippen LogP contribution in [0, 0.1) is 0 Å². The molecule has 1 unspecified atom stereocenters. The number of nitrogens with zero attached hydrogens (tertiary/aromatic N) is 3. The zero-order chi connectivity index (χ0) is 14.4. The molecule has 0 radical (unpaired) electrons. The molecule has 1 atom stereocenters. The standard InChI is InChI=1S/C12H21BrF2N4/c1-4-5-16-10(12(14)15)11-9(13)8-17-19(11)7-6-18(2)3/h8,10,12,16H,4-7H2,1-3H3. The van der Waals surface area contributed by atoms with Gasteiger partial charge in [-0.3, -0.25) is 4.68 Å². The van der Waals surface area contributed by atoms with Crippen LogP contribution < -0.4 is 5.32 Å². The van der Waals surface area contributed by atoms with E-state index in [1.165, 1.54) is 0 Å². The highest BCUT2D eigenvalue weighted by Gasteiger charge is 2.27. The minimum absolute atomic E-state index is 0.519. The molecule has 4 nitrogen and oxygen atoms in total. The van der Waals surface area contributed by atoms with Gasteiger partial charge in [0.1, 0.15) is 6.04 Å². The number of hydrogen-bond acceptors (Lipinski definition) is 3. The van der Waals surface area contributed by atoms with Gasteiger partial charge in [-0.1, -0.05) is 6.92 Å². The zero-order valence-electron chi connectivity index (χ0n) is 11.5. The molecular formula is C12H21BrF2N4. The molecule has 0 aliphatic rings. The Morgan fingerprint density at radius 1 is 1.47 bits per heavy atom. The third-order valence-electron chi connectivity index (χ3n) is 2.75. The molecule has 0 spiro atoms. The molecule has 0 fully saturated rings. The highest BCUT2D eigenvalue weighted by molar-refractivity contribution is 9.10. The van der Waals surface area contributed by atoms with Gasteiger partial charge in [-0.2, -0.15) is 5.10 Å². The van der Waals surface area contributed by atoms with E-state index in [0.29, 0.717) is 23.3 Å². The third kappa shape index (κ3) is 4.81. The summed E-state index contributed by atoms with van der Waals surface area (Å²) in [6.07, 6.45) is -0.0709. The average Bonchev–Trinajstić information content (AvgIpc) is 2.69. The van der Waals surface area contributed by atoms with Gasteiger partial charge in [-0.15, -0.1) is 0 Å². The van der Waals surface area contributed by atoms with Gasteiger partial charge >= 0.3 is 0 Å². The summed E-state index contributed by atoms with van der Waals surface area (Å²) in [6, 6.07) is -0.987. The maximum absolute atomic E-state index is 13.2. The van der Waals surface area contributed by atoms with Gasteiger partial charge in [0.15, 0.2) is 0 Å². The van der Waals surface area contributed by atoms with E-state index < -0.39 is 12.5 Å². The summed E-state index contributed by atoms with van der Waals surface area (Å²) in [5.74, 6) is 0. The van der Waals surface area contributed by atoms with Crippen LogP contribution in [0.15, 0.2) is 10.7 Å². The number of likely N-dealkylation sites (N-methyl/N-ethyl adjacent to an activating group) is 1. The van der Waals surface area contributed by atoms with Gasteiger partial charge in [0.05, 0.1) is 22.9 Å². The molecular weight excluding hydrogens is 318 g/mol. The Morgan fingerprint density at radius 2 is 2.16 bits per heavy atom. The highest BCUT2D eigenvalue weighted by atomic mass is 79.9. The molecule has 1 rings (SSSR count). The Bertz CT molecular complexity index is 382. The second-order valence-corrected chi connectivity index (χ2v) is 5.52. The Hall–Kier alpha value is -0.530. The van der Waals surface area contributed by atoms with Crippen molar-refractivity contribution < 1.29 is 8.78 Å². The largest absolute Gasteiger partial charge is 0.308 e. The van der Waals surface area contributed by atoms with Crippen LogP contribution in [0.25, 0.3) is 0 Å². The lowest BCUT2D eigenvalue weighted by Gasteiger charge is -2.20. The Balaban J connectivity index is 2.90. The first-order valence-corrected chi connectivity index (χ1v) is 7.14. The average molecular weight is 339 g/mol. The van der Waals surface area contributed by atoms with Crippen LogP contribution in [-0.4, -0.2) is 48.3 Å². The summed E-state index contributed by atoms with van der Waals surface area (Å²) >= 11 is 3.31. The quantitative estimate of drug-likeness (QED) is 0.790. The van der Waals surface area contributed by atoms with Crippen molar-refractivity contribution in [2.75, 3.05) is 27.2 Å². The second-order valence-electron chi connectivity index (χ2n) is 4.67. The molecule has 1 heterocycles. The van der Waals surface area contributed by atoms with Crippen molar-refractivity contribution in [3.05, 3.63) is 16.4 Å². The SMILES string of the molecule is CCCNC(c1c(Br)cnn1CCN(C)C)C(F)F. The molecule has 1 aromatic heterocycles. The normalized spacial score (nSPS) is 13.5. The maximum atomic E-state index is 13.2. The number of alkyl halides is 2. The van der Waals surface area contributed by atoms with Crippen LogP contribution in [0.1, 0.15) is 25.1 Å². The van der Waals surface area contributed by atoms with Crippen molar-refractivity contribution in [1.29, 1.82) is 0 Å². The van der Waals surface area contributed by atoms with Gasteiger partial charge in [0, 0.05) is 6.54 Å². The fourth-order valence-electron chi connectivity index (χ4n) is 1.76. The Morgan fingerprint density at radius 3 is 2.68 bits per heavy atom. The monoisotopic (exact) mass is 338 g/mol. The predicted molar refractivity (Wildman–Crippen MR) is 75.5 cm³/mol. The van der Waals surface area contributed by atoms with Crippen molar-refractivity contribution in [2.24, 2.45) is 0 Å². The molecule has 110 valence electrons. The second kappa shape index (κ2) is 7.91. The van der Waals surface area contributed by atoms with Gasteiger partial charge in [-0.25, -0.2) is 8.78 Å². The molecule has 7 heteroatoms. The summed E-state index contributed by atoms with van der Waals surface area (Å²) in [6.45, 7) is 3.85. The summed E-state index contributed by atoms with van der Waals surface area (Å²) in [5.41, 5.74) is 0.519. The maximum Gasteiger partial charge on any atom is 0.259 e. The van der Waals surface area contributed by atoms with Gasteiger partial charge < -0.3 is 10.2 Å². The molecule has 0 saturated heterocycles. The number of rotatable bonds is 8. The molecule has 0 saturated carbocycles. The van der Waals surface area contributed by atoms with Crippen LogP contribution in [0.5, 0.6) is 0 Å². The van der Waals surface area contributed by atoms with Crippen LogP contribution in [0.4, 0.5) is 8.78 Å². The molecule has 0 bridgehead atoms. The van der Waals surface area contributed by atoms with E-state index in [1.54, 1.807) is 10.9 Å². The number of aromatic nitrogens is 2. The lowest BCUT2D eigenvalue weighted by atomic mass is 10.2. The van der Waals surface area contributed by atoms with Crippen molar-refractivity contribution in [1.82, 2.24) is 20.0 Å². The van der Waals surface area contributed by atoms with Crippen molar-refractivity contribution in [2.45, 2.75) is 32.4 Å². The lowest BCUT2D eigenvalue weighted by molar-refractivity contribution is 0.0936. The van der Waals surface area contributed by atoms with Gasteiger partial charge in [0.2, 0.25) is 0 Å². The predicted octanol–water partition coefficient (Wildman–Crippen LogP) is 2.51. The molecule has 1 aromatic rings. The first kappa shape index (κ1) is 16.5. The van der Waals surface area contributed by atoms with Crippen LogP contribution >= 0.6 is 15.9 Å². The van der Waals surface area contributed by atoms with E-state index in [-0.39, 0.29) is 0 Å². The number of nitrogens with one attached hydrogen (secondary N) is 1. The van der Waals surface area contributed by atoms with E-state index >= 15 is 0 Å². The van der Waals surface area contributed by atoms with Gasteiger partial charge in [0.25, 0.3) is 6.43 Å². The van der Waals surface area contributed by atoms with E-state index in [1.807, 2.05) is 25.9 Å². The number of hydrogen-bond donors (Lipinski definition) is 1. The lowest BCUT2D eigenvalue weighted by Crippen LogP contribution is -2.31. The molecule has 0 aliphatic carbocycles. The van der Waals surface area contributed by atoms with Crippen molar-refractivity contribution in [3.63, 3.8) is 0 Å². The molecule has 0 aliphatic heterocycles. The molecule has 0 aromatic carbocycles. The van der Waals surface area contributed by atoms with Crippen LogP contribution in [0.2, 0.25) is 0 Å². The number of halogens is 3. The Labute approximate surface area is 121 Å². The van der Waals surface area contributed by atoms with E-state index in [4.69, 9.17) is 0 Å². The first-order chi connectivity index (χ1) is 8.97. The van der Waals surface area contributed by atoms with Gasteiger partial charge in [-0.05, 0) is 43.0 Å². The van der Waals surface area contributed by atoms with E-state index in [0.717, 1.165) is 13.0 Å². The van der Waals surface area contributed by atoms with Crippen LogP contribution in [0.3, 0.4) is 0 Å². The smallest absolute Gasteiger partial charge is 0.259 e. The van der Waals surface area contributed by atoms with E-state index in [9.17, 15) is 8.78 Å². The van der Waals surface area contributed by atoms with Crippen molar-refractivity contribution >= 4 is 15.9 Å². The molecule has 0 amide bonds. The fourth-order valence-corrected chi connectivity index (χ4v) is 2.30. The topological polar surface area (TPSA) is 33.1 Å². The summed E-state index contributed by atoms with van der Waals surface area (Å²) in [7, 11) is 3.89. The minimum Gasteiger partial charge on any atom is -0.308 e. The first-order valence-electron chi connectivity index (χ1n) is 6.34. The summed E-state index contributed by atoms with van der Waals surface area (Å²) in [5, 5.41) is 7.05. The fraction of sp³-hybridized carbons (Fsp3) is 0.750. The summed E-state index contributed by atoms with van der Waals surface area (Å²) in [4.78, 5) is 2.00. The third-order valence-corrected chi connectivity index (χ3v) is 3.36. The summed E-state index contributed by atoms with van der Waals surface area (Å²) < 4.78 is 28.7. The Kier molecular flexibility index (Phi) is 6.88. The molecule has 19 heavy (non-hydrogen) atoms.